The van der Waals surface area contributed by atoms with Crippen molar-refractivity contribution in [1.82, 2.24) is 25.2 Å². The Bertz CT molecular complexity index is 524. The van der Waals surface area contributed by atoms with Gasteiger partial charge in [0.15, 0.2) is 5.96 Å². The van der Waals surface area contributed by atoms with Crippen LogP contribution in [0.2, 0.25) is 0 Å². The fraction of sp³-hybridized carbons (Fsp3) is 0.778. The number of aliphatic imine (C=N–C) groups is 1. The first-order valence-corrected chi connectivity index (χ1v) is 9.58. The first-order chi connectivity index (χ1) is 12.3. The van der Waals surface area contributed by atoms with Crippen LogP contribution in [0.15, 0.2) is 21.8 Å². The third kappa shape index (κ3) is 5.19. The molecule has 7 nitrogen and oxygen atoms in total. The molecule has 0 aliphatic carbocycles. The largest absolute Gasteiger partial charge is 0.364 e. The predicted octanol–water partition coefficient (Wildman–Crippen LogP) is 1.10. The molecule has 0 radical (unpaired) electrons. The number of rotatable bonds is 5. The fourth-order valence-corrected chi connectivity index (χ4v) is 3.84. The summed E-state index contributed by atoms with van der Waals surface area (Å²) in [6.07, 6.45) is 4.29. The second-order valence-corrected chi connectivity index (χ2v) is 7.08. The van der Waals surface area contributed by atoms with Crippen LogP contribution in [-0.2, 0) is 6.54 Å². The lowest BCUT2D eigenvalue weighted by Crippen LogP contribution is -2.53. The third-order valence-electron chi connectivity index (χ3n) is 5.36. The summed E-state index contributed by atoms with van der Waals surface area (Å²) in [5, 5.41) is 7.62. The van der Waals surface area contributed by atoms with Gasteiger partial charge in [-0.25, -0.2) is 0 Å². The normalized spacial score (nSPS) is 23.8. The van der Waals surface area contributed by atoms with Crippen molar-refractivity contribution >= 4 is 5.96 Å². The first-order valence-electron chi connectivity index (χ1n) is 9.58. The number of piperidine rings is 1. The van der Waals surface area contributed by atoms with Gasteiger partial charge in [-0.1, -0.05) is 12.1 Å². The molecule has 0 aromatic carbocycles. The summed E-state index contributed by atoms with van der Waals surface area (Å²) in [5.41, 5.74) is 1.01. The Morgan fingerprint density at radius 1 is 1.28 bits per heavy atom. The van der Waals surface area contributed by atoms with Gasteiger partial charge in [0.25, 0.3) is 0 Å². The van der Waals surface area contributed by atoms with Gasteiger partial charge in [0.1, 0.15) is 6.26 Å². The van der Waals surface area contributed by atoms with Gasteiger partial charge >= 0.3 is 0 Å². The minimum Gasteiger partial charge on any atom is -0.364 e. The molecule has 1 aromatic rings. The van der Waals surface area contributed by atoms with Gasteiger partial charge in [-0.15, -0.1) is 0 Å². The van der Waals surface area contributed by atoms with Crippen molar-refractivity contribution in [2.45, 2.75) is 26.3 Å². The second kappa shape index (κ2) is 9.20. The molecule has 2 aliphatic heterocycles. The lowest BCUT2D eigenvalue weighted by Gasteiger charge is -2.37. The molecule has 2 fully saturated rings. The monoisotopic (exact) mass is 348 g/mol. The summed E-state index contributed by atoms with van der Waals surface area (Å²) >= 11 is 0. The molecule has 0 amide bonds. The average Bonchev–Trinajstić information content (AvgIpc) is 3.17. The minimum absolute atomic E-state index is 0.735. The molecular weight excluding hydrogens is 316 g/mol. The lowest BCUT2D eigenvalue weighted by atomic mass is 9.98. The van der Waals surface area contributed by atoms with Crippen LogP contribution in [0.4, 0.5) is 0 Å². The van der Waals surface area contributed by atoms with Gasteiger partial charge in [-0.3, -0.25) is 9.89 Å². The van der Waals surface area contributed by atoms with Crippen molar-refractivity contribution in [3.05, 3.63) is 18.0 Å². The molecule has 0 bridgehead atoms. The Labute approximate surface area is 151 Å². The van der Waals surface area contributed by atoms with Crippen LogP contribution >= 0.6 is 0 Å². The van der Waals surface area contributed by atoms with Crippen molar-refractivity contribution in [3.8, 4) is 0 Å². The van der Waals surface area contributed by atoms with Crippen LogP contribution in [-0.4, -0.2) is 85.2 Å². The molecule has 0 saturated carbocycles. The van der Waals surface area contributed by atoms with E-state index in [1.165, 1.54) is 32.5 Å². The zero-order valence-electron chi connectivity index (χ0n) is 15.7. The van der Waals surface area contributed by atoms with E-state index in [1.54, 1.807) is 6.26 Å². The minimum atomic E-state index is 0.735. The zero-order valence-corrected chi connectivity index (χ0v) is 15.7. The number of likely N-dealkylation sites (tertiary alicyclic amines) is 1. The van der Waals surface area contributed by atoms with E-state index in [1.807, 2.05) is 13.1 Å². The number of piperazine rings is 1. The highest BCUT2D eigenvalue weighted by Gasteiger charge is 2.22. The van der Waals surface area contributed by atoms with Gasteiger partial charge in [0, 0.05) is 58.9 Å². The summed E-state index contributed by atoms with van der Waals surface area (Å²) in [7, 11) is 1.89. The van der Waals surface area contributed by atoms with Crippen LogP contribution in [0.1, 0.15) is 25.5 Å². The second-order valence-electron chi connectivity index (χ2n) is 7.08. The average molecular weight is 348 g/mol. The van der Waals surface area contributed by atoms with E-state index in [4.69, 9.17) is 4.52 Å². The van der Waals surface area contributed by atoms with Crippen LogP contribution in [0, 0.1) is 5.92 Å². The zero-order chi connectivity index (χ0) is 17.5. The van der Waals surface area contributed by atoms with E-state index >= 15 is 0 Å². The van der Waals surface area contributed by atoms with E-state index in [0.29, 0.717) is 0 Å². The molecule has 2 saturated heterocycles. The summed E-state index contributed by atoms with van der Waals surface area (Å²) in [6, 6.07) is 1.94. The fourth-order valence-electron chi connectivity index (χ4n) is 3.84. The Morgan fingerprint density at radius 3 is 2.80 bits per heavy atom. The molecule has 0 spiro atoms. The molecule has 7 heteroatoms. The molecule has 1 N–H and O–H groups in total. The number of hydrogen-bond donors (Lipinski definition) is 1. The highest BCUT2D eigenvalue weighted by Crippen LogP contribution is 2.15. The maximum absolute atomic E-state index is 4.92. The number of hydrogen-bond acceptors (Lipinski definition) is 5. The third-order valence-corrected chi connectivity index (χ3v) is 5.36. The van der Waals surface area contributed by atoms with Crippen LogP contribution in [0.3, 0.4) is 0 Å². The number of nitrogens with one attached hydrogen (secondary N) is 1. The smallest absolute Gasteiger partial charge is 0.193 e. The van der Waals surface area contributed by atoms with Crippen molar-refractivity contribution in [2.24, 2.45) is 10.9 Å². The van der Waals surface area contributed by atoms with E-state index in [2.05, 4.69) is 37.1 Å². The Kier molecular flexibility index (Phi) is 6.69. The van der Waals surface area contributed by atoms with E-state index in [0.717, 1.165) is 56.8 Å². The Balaban J connectivity index is 1.41. The van der Waals surface area contributed by atoms with Crippen molar-refractivity contribution in [3.63, 3.8) is 0 Å². The molecule has 3 heterocycles. The molecule has 2 aliphatic rings. The predicted molar refractivity (Wildman–Crippen MR) is 99.6 cm³/mol. The van der Waals surface area contributed by atoms with Crippen molar-refractivity contribution in [1.29, 1.82) is 0 Å². The Morgan fingerprint density at radius 2 is 2.12 bits per heavy atom. The van der Waals surface area contributed by atoms with Crippen LogP contribution in [0.5, 0.6) is 0 Å². The van der Waals surface area contributed by atoms with E-state index in [-0.39, 0.29) is 0 Å². The SMILES string of the molecule is CCN1CCCC(CNC(=NC)N2CCN(Cc3ccon3)CC2)C1. The Hall–Kier alpha value is -1.60. The van der Waals surface area contributed by atoms with Gasteiger partial charge in [0.2, 0.25) is 0 Å². The number of aromatic nitrogens is 1. The van der Waals surface area contributed by atoms with Crippen LogP contribution < -0.4 is 5.32 Å². The maximum atomic E-state index is 4.92. The molecule has 1 unspecified atom stereocenters. The summed E-state index contributed by atoms with van der Waals surface area (Å²) in [5.74, 6) is 1.79. The highest BCUT2D eigenvalue weighted by molar-refractivity contribution is 5.80. The summed E-state index contributed by atoms with van der Waals surface area (Å²) in [6.45, 7) is 11.9. The molecule has 1 atom stereocenters. The lowest BCUT2D eigenvalue weighted by molar-refractivity contribution is 0.165. The standard InChI is InChI=1S/C18H32N6O/c1-3-22-7-4-5-16(14-22)13-20-18(19-2)24-10-8-23(9-11-24)15-17-6-12-25-21-17/h6,12,16H,3-5,7-11,13-15H2,1-2H3,(H,19,20). The maximum Gasteiger partial charge on any atom is 0.193 e. The van der Waals surface area contributed by atoms with E-state index in [9.17, 15) is 0 Å². The molecule has 25 heavy (non-hydrogen) atoms. The van der Waals surface area contributed by atoms with Gasteiger partial charge in [-0.05, 0) is 31.8 Å². The van der Waals surface area contributed by atoms with Gasteiger partial charge in [-0.2, -0.15) is 0 Å². The highest BCUT2D eigenvalue weighted by atomic mass is 16.5. The summed E-state index contributed by atoms with van der Waals surface area (Å²) in [4.78, 5) is 11.9. The quantitative estimate of drug-likeness (QED) is 0.635. The molecule has 1 aromatic heterocycles. The van der Waals surface area contributed by atoms with Crippen LogP contribution in [0.25, 0.3) is 0 Å². The molecule has 140 valence electrons. The topological polar surface area (TPSA) is 60.1 Å². The first kappa shape index (κ1) is 18.2. The van der Waals surface area contributed by atoms with Crippen molar-refractivity contribution < 1.29 is 4.52 Å². The summed E-state index contributed by atoms with van der Waals surface area (Å²) < 4.78 is 4.92. The van der Waals surface area contributed by atoms with Gasteiger partial charge < -0.3 is 19.6 Å². The number of nitrogens with zero attached hydrogens (tertiary/aromatic N) is 5. The van der Waals surface area contributed by atoms with E-state index < -0.39 is 0 Å². The molecular formula is C18H32N6O. The number of guanidine groups is 1. The van der Waals surface area contributed by atoms with Crippen molar-refractivity contribution in [2.75, 3.05) is 59.4 Å². The van der Waals surface area contributed by atoms with Gasteiger partial charge in [0.05, 0.1) is 5.69 Å². The molecule has 3 rings (SSSR count).